The van der Waals surface area contributed by atoms with Crippen molar-refractivity contribution in [3.8, 4) is 0 Å². The summed E-state index contributed by atoms with van der Waals surface area (Å²) in [6.07, 6.45) is 4.81. The lowest BCUT2D eigenvalue weighted by Crippen LogP contribution is -2.65. The Morgan fingerprint density at radius 3 is 2.35 bits per heavy atom. The minimum atomic E-state index is -0.815. The van der Waals surface area contributed by atoms with Crippen molar-refractivity contribution >= 4 is 11.8 Å². The van der Waals surface area contributed by atoms with E-state index >= 15 is 0 Å². The lowest BCUT2D eigenvalue weighted by atomic mass is 9.36. The Morgan fingerprint density at radius 1 is 1.11 bits per heavy atom. The van der Waals surface area contributed by atoms with E-state index in [0.29, 0.717) is 36.5 Å². The Balaban J connectivity index is 1.66. The number of allylic oxidation sites excluding steroid dienone is 1. The van der Waals surface area contributed by atoms with Crippen LogP contribution in [0.1, 0.15) is 107 Å². The zero-order chi connectivity index (χ0) is 27.7. The minimum Gasteiger partial charge on any atom is -0.455 e. The number of ketones is 1. The third-order valence-corrected chi connectivity index (χ3v) is 12.0. The molecule has 0 heterocycles. The highest BCUT2D eigenvalue weighted by atomic mass is 16.6. The van der Waals surface area contributed by atoms with E-state index in [0.717, 1.165) is 32.1 Å². The molecule has 0 amide bonds. The molecule has 37 heavy (non-hydrogen) atoms. The molecule has 3 saturated carbocycles. The molecule has 0 saturated heterocycles. The first-order valence-corrected chi connectivity index (χ1v) is 14.4. The number of aliphatic hydroxyl groups is 2. The molecule has 2 N–H and O–H groups in total. The first kappa shape index (κ1) is 28.5. The number of rotatable bonds is 6. The van der Waals surface area contributed by atoms with Gasteiger partial charge in [-0.2, -0.15) is 0 Å². The Labute approximate surface area is 224 Å². The van der Waals surface area contributed by atoms with Gasteiger partial charge in [-0.15, -0.1) is 0 Å². The molecule has 4 rings (SSSR count). The molecule has 0 aromatic heterocycles. The summed E-state index contributed by atoms with van der Waals surface area (Å²) in [6.45, 7) is 20.7. The van der Waals surface area contributed by atoms with E-state index < -0.39 is 24.3 Å². The predicted octanol–water partition coefficient (Wildman–Crippen LogP) is 6.17. The number of esters is 1. The summed E-state index contributed by atoms with van der Waals surface area (Å²) in [7, 11) is 0. The Bertz CT molecular complexity index is 1010. The quantitative estimate of drug-likeness (QED) is 0.327. The Morgan fingerprint density at radius 2 is 1.76 bits per heavy atom. The monoisotopic (exact) mass is 514 g/mol. The predicted molar refractivity (Wildman–Crippen MR) is 146 cm³/mol. The van der Waals surface area contributed by atoms with Gasteiger partial charge in [-0.05, 0) is 91.4 Å². The number of carbonyl (C=O) groups is 2. The summed E-state index contributed by atoms with van der Waals surface area (Å²) >= 11 is 0. The highest BCUT2D eigenvalue weighted by molar-refractivity contribution is 5.85. The second-order valence-electron chi connectivity index (χ2n) is 14.3. The lowest BCUT2D eigenvalue weighted by molar-refractivity contribution is -0.208. The third kappa shape index (κ3) is 4.18. The Hall–Kier alpha value is -1.46. The maximum absolute atomic E-state index is 12.9. The molecule has 3 fully saturated rings. The summed E-state index contributed by atoms with van der Waals surface area (Å²) in [4.78, 5) is 24.5. The lowest BCUT2D eigenvalue weighted by Gasteiger charge is -2.69. The summed E-state index contributed by atoms with van der Waals surface area (Å²) in [6, 6.07) is 0. The van der Waals surface area contributed by atoms with Crippen molar-refractivity contribution in [1.29, 1.82) is 0 Å². The van der Waals surface area contributed by atoms with Crippen LogP contribution in [0.5, 0.6) is 0 Å². The number of ether oxygens (including phenoxy) is 1. The fraction of sp³-hybridized carbons (Fsp3) is 0.812. The first-order chi connectivity index (χ1) is 17.0. The van der Waals surface area contributed by atoms with Gasteiger partial charge in [-0.1, -0.05) is 59.3 Å². The molecule has 5 heteroatoms. The van der Waals surface area contributed by atoms with Gasteiger partial charge in [0.05, 0.1) is 12.2 Å². The minimum absolute atomic E-state index is 0.00530. The van der Waals surface area contributed by atoms with E-state index in [-0.39, 0.29) is 33.5 Å². The fourth-order valence-electron chi connectivity index (χ4n) is 9.98. The SMILES string of the molecule is C=C(C)[C@H](OC(C)=O)[C@@H](O)C[C@@H](C)C1=C2C[C@H](O)[C@H]3[C@@]4(C)CCC(=O)C(C)(C)[C@@H]4CC[C@]3(C)[C@@]2(C)CC1. The molecule has 0 radical (unpaired) electrons. The van der Waals surface area contributed by atoms with Crippen LogP contribution in [0.15, 0.2) is 23.3 Å². The zero-order valence-corrected chi connectivity index (χ0v) is 24.4. The molecule has 0 bridgehead atoms. The highest BCUT2D eigenvalue weighted by Crippen LogP contribution is 2.74. The molecule has 0 aliphatic heterocycles. The van der Waals surface area contributed by atoms with Crippen LogP contribution in [-0.2, 0) is 14.3 Å². The number of carbonyl (C=O) groups excluding carboxylic acids is 2. The van der Waals surface area contributed by atoms with Crippen LogP contribution in [0.2, 0.25) is 0 Å². The van der Waals surface area contributed by atoms with Crippen molar-refractivity contribution in [3.05, 3.63) is 23.3 Å². The second-order valence-corrected chi connectivity index (χ2v) is 14.3. The first-order valence-electron chi connectivity index (χ1n) is 14.4. The van der Waals surface area contributed by atoms with Crippen LogP contribution in [0.3, 0.4) is 0 Å². The smallest absolute Gasteiger partial charge is 0.303 e. The fourth-order valence-corrected chi connectivity index (χ4v) is 9.98. The summed E-state index contributed by atoms with van der Waals surface area (Å²) in [5.74, 6) is 0.555. The molecule has 0 unspecified atom stereocenters. The normalized spacial score (nSPS) is 41.2. The van der Waals surface area contributed by atoms with E-state index in [1.165, 1.54) is 18.1 Å². The van der Waals surface area contributed by atoms with Crippen molar-refractivity contribution in [1.82, 2.24) is 0 Å². The maximum atomic E-state index is 12.9. The van der Waals surface area contributed by atoms with Crippen LogP contribution in [-0.4, -0.2) is 40.3 Å². The van der Waals surface area contributed by atoms with Crippen LogP contribution in [0, 0.1) is 39.4 Å². The molecular formula is C32H50O5. The molecule has 4 aliphatic rings. The van der Waals surface area contributed by atoms with Crippen molar-refractivity contribution in [3.63, 3.8) is 0 Å². The van der Waals surface area contributed by atoms with E-state index in [9.17, 15) is 19.8 Å². The van der Waals surface area contributed by atoms with Gasteiger partial charge in [0, 0.05) is 18.8 Å². The summed E-state index contributed by atoms with van der Waals surface area (Å²) < 4.78 is 5.38. The average Bonchev–Trinajstić information content (AvgIpc) is 3.12. The molecule has 9 atom stereocenters. The largest absolute Gasteiger partial charge is 0.455 e. The summed E-state index contributed by atoms with van der Waals surface area (Å²) in [5.41, 5.74) is 2.97. The topological polar surface area (TPSA) is 83.8 Å². The van der Waals surface area contributed by atoms with Crippen LogP contribution < -0.4 is 0 Å². The summed E-state index contributed by atoms with van der Waals surface area (Å²) in [5, 5.41) is 22.9. The zero-order valence-electron chi connectivity index (χ0n) is 24.4. The average molecular weight is 515 g/mol. The number of fused-ring (bicyclic) bond motifs is 5. The number of hydrogen-bond donors (Lipinski definition) is 2. The van der Waals surface area contributed by atoms with Gasteiger partial charge in [-0.25, -0.2) is 0 Å². The molecule has 208 valence electrons. The van der Waals surface area contributed by atoms with Crippen molar-refractivity contribution < 1.29 is 24.5 Å². The third-order valence-electron chi connectivity index (χ3n) is 12.0. The van der Waals surface area contributed by atoms with E-state index in [4.69, 9.17) is 4.74 Å². The van der Waals surface area contributed by atoms with Crippen LogP contribution in [0.25, 0.3) is 0 Å². The van der Waals surface area contributed by atoms with Gasteiger partial charge in [0.2, 0.25) is 0 Å². The van der Waals surface area contributed by atoms with Gasteiger partial charge in [0.1, 0.15) is 11.9 Å². The maximum Gasteiger partial charge on any atom is 0.303 e. The number of hydrogen-bond acceptors (Lipinski definition) is 5. The van der Waals surface area contributed by atoms with Crippen molar-refractivity contribution in [2.24, 2.45) is 39.4 Å². The molecule has 0 spiro atoms. The van der Waals surface area contributed by atoms with E-state index in [1.54, 1.807) is 6.92 Å². The van der Waals surface area contributed by atoms with Crippen LogP contribution >= 0.6 is 0 Å². The van der Waals surface area contributed by atoms with Gasteiger partial charge < -0.3 is 14.9 Å². The standard InChI is InChI=1S/C32H50O5/c1-18(2)27(37-20(4)33)23(34)16-19(3)21-10-14-31(8)22(21)17-24(35)28-30(7)13-12-26(36)29(5,6)25(30)11-15-32(28,31)9/h19,23-25,27-28,34-35H,1,10-17H2,2-9H3/t19-,23+,24+,25+,27+,28+,30+,31+,32+/m1/s1. The van der Waals surface area contributed by atoms with Crippen molar-refractivity contribution in [2.45, 2.75) is 125 Å². The number of Topliss-reactive ketones (excluding diaryl/α,β-unsaturated/α-hetero) is 1. The molecule has 5 nitrogen and oxygen atoms in total. The van der Waals surface area contributed by atoms with E-state index in [1.807, 2.05) is 0 Å². The van der Waals surface area contributed by atoms with Crippen molar-refractivity contribution in [2.75, 3.05) is 0 Å². The van der Waals surface area contributed by atoms with Gasteiger partial charge in [-0.3, -0.25) is 9.59 Å². The molecule has 0 aromatic carbocycles. The molecular weight excluding hydrogens is 464 g/mol. The Kier molecular flexibility index (Phi) is 7.20. The second kappa shape index (κ2) is 9.33. The van der Waals surface area contributed by atoms with Gasteiger partial charge in [0.15, 0.2) is 0 Å². The molecule has 0 aromatic rings. The number of aliphatic hydroxyl groups excluding tert-OH is 2. The van der Waals surface area contributed by atoms with E-state index in [2.05, 4.69) is 48.1 Å². The van der Waals surface area contributed by atoms with Gasteiger partial charge in [0.25, 0.3) is 0 Å². The highest BCUT2D eigenvalue weighted by Gasteiger charge is 2.69. The van der Waals surface area contributed by atoms with Gasteiger partial charge >= 0.3 is 5.97 Å². The molecule has 4 aliphatic carbocycles. The van der Waals surface area contributed by atoms with Crippen LogP contribution in [0.4, 0.5) is 0 Å².